The number of aliphatic hydroxyl groups is 1. The maximum atomic E-state index is 13.6. The highest BCUT2D eigenvalue weighted by molar-refractivity contribution is 7.22. The van der Waals surface area contributed by atoms with E-state index >= 15 is 0 Å². The van der Waals surface area contributed by atoms with Crippen molar-refractivity contribution in [2.75, 3.05) is 18.6 Å². The number of rotatable bonds is 8. The summed E-state index contributed by atoms with van der Waals surface area (Å²) < 4.78 is 12.5. The lowest BCUT2D eigenvalue weighted by Crippen LogP contribution is -2.29. The Labute approximate surface area is 237 Å². The van der Waals surface area contributed by atoms with Gasteiger partial charge < -0.3 is 14.6 Å². The van der Waals surface area contributed by atoms with Gasteiger partial charge in [-0.25, -0.2) is 4.98 Å². The minimum absolute atomic E-state index is 0.000168. The van der Waals surface area contributed by atoms with Crippen LogP contribution in [0.1, 0.15) is 48.6 Å². The first-order chi connectivity index (χ1) is 19.2. The summed E-state index contributed by atoms with van der Waals surface area (Å²) in [5.41, 5.74) is 3.86. The number of thiazole rings is 1. The summed E-state index contributed by atoms with van der Waals surface area (Å²) >= 11 is 1.33. The maximum absolute atomic E-state index is 13.6. The van der Waals surface area contributed by atoms with Crippen molar-refractivity contribution in [3.8, 4) is 11.5 Å². The number of carbonyl (C=O) groups is 2. The first kappa shape index (κ1) is 27.4. The minimum atomic E-state index is -0.915. The van der Waals surface area contributed by atoms with Crippen molar-refractivity contribution < 1.29 is 24.2 Å². The van der Waals surface area contributed by atoms with Crippen molar-refractivity contribution in [2.45, 2.75) is 40.2 Å². The van der Waals surface area contributed by atoms with Crippen LogP contribution in [0.4, 0.5) is 5.13 Å². The second-order valence-corrected chi connectivity index (χ2v) is 11.5. The van der Waals surface area contributed by atoms with E-state index in [1.807, 2.05) is 44.2 Å². The summed E-state index contributed by atoms with van der Waals surface area (Å²) in [5.74, 6) is -0.219. The number of ketones is 1. The molecule has 1 saturated heterocycles. The molecule has 1 aliphatic rings. The monoisotopic (exact) mass is 556 g/mol. The predicted molar refractivity (Wildman–Crippen MR) is 158 cm³/mol. The van der Waals surface area contributed by atoms with Gasteiger partial charge in [-0.1, -0.05) is 67.1 Å². The third-order valence-electron chi connectivity index (χ3n) is 6.96. The number of nitrogens with zero attached hydrogens (tertiary/aromatic N) is 2. The maximum Gasteiger partial charge on any atom is 0.301 e. The third kappa shape index (κ3) is 5.19. The molecule has 0 radical (unpaired) electrons. The van der Waals surface area contributed by atoms with Crippen LogP contribution in [0.15, 0.2) is 66.2 Å². The normalized spacial score (nSPS) is 16.8. The van der Waals surface area contributed by atoms with E-state index in [0.29, 0.717) is 40.3 Å². The zero-order valence-corrected chi connectivity index (χ0v) is 24.0. The summed E-state index contributed by atoms with van der Waals surface area (Å²) in [4.78, 5) is 33.3. The Morgan fingerprint density at radius 3 is 2.42 bits per heavy atom. The Morgan fingerprint density at radius 1 is 1.00 bits per heavy atom. The second kappa shape index (κ2) is 11.1. The molecule has 0 bridgehead atoms. The molecular weight excluding hydrogens is 524 g/mol. The number of anilines is 1. The molecule has 3 aromatic carbocycles. The number of Topliss-reactive ketones (excluding diaryl/α,β-unsaturated/α-hetero) is 1. The second-order valence-electron chi connectivity index (χ2n) is 10.4. The summed E-state index contributed by atoms with van der Waals surface area (Å²) in [7, 11) is 1.55. The molecule has 0 spiro atoms. The molecule has 1 atom stereocenters. The van der Waals surface area contributed by atoms with Crippen LogP contribution in [-0.2, 0) is 9.59 Å². The number of aromatic nitrogens is 1. The van der Waals surface area contributed by atoms with Crippen LogP contribution in [0.5, 0.6) is 11.5 Å². The molecule has 5 rings (SSSR count). The van der Waals surface area contributed by atoms with Crippen molar-refractivity contribution in [3.63, 3.8) is 0 Å². The van der Waals surface area contributed by atoms with Crippen LogP contribution in [0.3, 0.4) is 0 Å². The molecular formula is C32H32N2O5S. The molecule has 1 unspecified atom stereocenters. The number of ether oxygens (including phenoxy) is 2. The van der Waals surface area contributed by atoms with Crippen LogP contribution >= 0.6 is 11.3 Å². The van der Waals surface area contributed by atoms with E-state index in [0.717, 1.165) is 27.8 Å². The van der Waals surface area contributed by atoms with E-state index < -0.39 is 17.7 Å². The van der Waals surface area contributed by atoms with E-state index in [2.05, 4.69) is 13.8 Å². The molecule has 206 valence electrons. The molecule has 1 aliphatic heterocycles. The first-order valence-electron chi connectivity index (χ1n) is 13.2. The number of benzene rings is 3. The quantitative estimate of drug-likeness (QED) is 0.143. The van der Waals surface area contributed by atoms with Crippen molar-refractivity contribution >= 4 is 44.1 Å². The number of hydrogen-bond acceptors (Lipinski definition) is 7. The molecule has 1 aromatic heterocycles. The van der Waals surface area contributed by atoms with Gasteiger partial charge in [-0.05, 0) is 61.6 Å². The van der Waals surface area contributed by atoms with Crippen LogP contribution in [-0.4, -0.2) is 35.5 Å². The highest BCUT2D eigenvalue weighted by Crippen LogP contribution is 2.46. The van der Waals surface area contributed by atoms with Crippen LogP contribution in [0.2, 0.25) is 0 Å². The lowest BCUT2D eigenvalue weighted by atomic mass is 9.95. The van der Waals surface area contributed by atoms with Crippen molar-refractivity contribution in [1.29, 1.82) is 0 Å². The number of methoxy groups -OCH3 is 1. The van der Waals surface area contributed by atoms with Gasteiger partial charge in [0.2, 0.25) is 0 Å². The van der Waals surface area contributed by atoms with Crippen molar-refractivity contribution in [3.05, 3.63) is 88.5 Å². The number of carbonyl (C=O) groups excluding carboxylic acids is 2. The van der Waals surface area contributed by atoms with Gasteiger partial charge in [0.25, 0.3) is 5.78 Å². The van der Waals surface area contributed by atoms with Gasteiger partial charge in [-0.2, -0.15) is 0 Å². The zero-order valence-electron chi connectivity index (χ0n) is 23.2. The highest BCUT2D eigenvalue weighted by Gasteiger charge is 2.48. The summed E-state index contributed by atoms with van der Waals surface area (Å²) in [6.45, 7) is 8.72. The molecule has 40 heavy (non-hydrogen) atoms. The Balaban J connectivity index is 1.66. The van der Waals surface area contributed by atoms with Gasteiger partial charge in [-0.15, -0.1) is 0 Å². The van der Waals surface area contributed by atoms with E-state index in [4.69, 9.17) is 14.5 Å². The fourth-order valence-corrected chi connectivity index (χ4v) is 5.80. The Kier molecular flexibility index (Phi) is 7.63. The van der Waals surface area contributed by atoms with E-state index in [9.17, 15) is 14.7 Å². The summed E-state index contributed by atoms with van der Waals surface area (Å²) in [6, 6.07) is 17.5. The number of aliphatic hydroxyl groups excluding tert-OH is 1. The van der Waals surface area contributed by atoms with Crippen LogP contribution in [0.25, 0.3) is 16.0 Å². The summed E-state index contributed by atoms with van der Waals surface area (Å²) in [6.07, 6.45) is 0.888. The standard InChI is InChI=1S/C32H32N2O5S/c1-18(2)14-15-39-24-13-11-22(17-25(24)38-5)28-27(29(35)21-9-6-19(3)7-10-21)30(36)31(37)34(28)32-33-23-12-8-20(4)16-26(23)40-32/h6-13,16-18,28,35H,14-15H2,1-5H3. The van der Waals surface area contributed by atoms with E-state index in [1.54, 1.807) is 37.4 Å². The van der Waals surface area contributed by atoms with Gasteiger partial charge >= 0.3 is 5.91 Å². The van der Waals surface area contributed by atoms with Gasteiger partial charge in [0.05, 0.1) is 35.5 Å². The molecule has 1 N–H and O–H groups in total. The van der Waals surface area contributed by atoms with Gasteiger partial charge in [-0.3, -0.25) is 14.5 Å². The smallest absolute Gasteiger partial charge is 0.301 e. The SMILES string of the molecule is COc1cc(C2C(=C(O)c3ccc(C)cc3)C(=O)C(=O)N2c2nc3ccc(C)cc3s2)ccc1OCCC(C)C. The van der Waals surface area contributed by atoms with Crippen molar-refractivity contribution in [2.24, 2.45) is 5.92 Å². The van der Waals surface area contributed by atoms with Crippen LogP contribution in [0, 0.1) is 19.8 Å². The van der Waals surface area contributed by atoms with Crippen LogP contribution < -0.4 is 14.4 Å². The van der Waals surface area contributed by atoms with Gasteiger partial charge in [0.15, 0.2) is 16.6 Å². The number of fused-ring (bicyclic) bond motifs is 1. The fraction of sp³-hybridized carbons (Fsp3) is 0.281. The molecule has 1 amide bonds. The van der Waals surface area contributed by atoms with E-state index in [-0.39, 0.29) is 11.3 Å². The Hall–Kier alpha value is -4.17. The number of aryl methyl sites for hydroxylation is 2. The molecule has 1 fully saturated rings. The minimum Gasteiger partial charge on any atom is -0.507 e. The first-order valence-corrected chi connectivity index (χ1v) is 14.1. The van der Waals surface area contributed by atoms with Crippen molar-refractivity contribution in [1.82, 2.24) is 4.98 Å². The highest BCUT2D eigenvalue weighted by atomic mass is 32.1. The molecule has 8 heteroatoms. The zero-order chi connectivity index (χ0) is 28.6. The molecule has 2 heterocycles. The van der Waals surface area contributed by atoms with Gasteiger partial charge in [0, 0.05) is 5.56 Å². The average molecular weight is 557 g/mol. The topological polar surface area (TPSA) is 89.0 Å². The Bertz CT molecular complexity index is 1620. The largest absolute Gasteiger partial charge is 0.507 e. The lowest BCUT2D eigenvalue weighted by Gasteiger charge is -2.24. The molecule has 0 aliphatic carbocycles. The number of amides is 1. The fourth-order valence-electron chi connectivity index (χ4n) is 4.71. The molecule has 7 nitrogen and oxygen atoms in total. The van der Waals surface area contributed by atoms with Gasteiger partial charge in [0.1, 0.15) is 5.76 Å². The average Bonchev–Trinajstić information content (AvgIpc) is 3.46. The number of hydrogen-bond donors (Lipinski definition) is 1. The Morgan fingerprint density at radius 2 is 1.73 bits per heavy atom. The predicted octanol–water partition coefficient (Wildman–Crippen LogP) is 6.97. The lowest BCUT2D eigenvalue weighted by molar-refractivity contribution is -0.132. The summed E-state index contributed by atoms with van der Waals surface area (Å²) in [5, 5.41) is 11.8. The molecule has 0 saturated carbocycles. The molecule has 4 aromatic rings. The van der Waals surface area contributed by atoms with E-state index in [1.165, 1.54) is 16.2 Å². The third-order valence-corrected chi connectivity index (χ3v) is 7.98.